The Bertz CT molecular complexity index is 333. The van der Waals surface area contributed by atoms with Gasteiger partial charge in [-0.15, -0.1) is 0 Å². The Balaban J connectivity index is 0.000000640. The molecule has 0 radical (unpaired) electrons. The van der Waals surface area contributed by atoms with Crippen LogP contribution in [0.3, 0.4) is 0 Å². The molecule has 0 aliphatic heterocycles. The number of hydrogen-bond donors (Lipinski definition) is 1. The zero-order valence-electron chi connectivity index (χ0n) is 10.1. The zero-order valence-corrected chi connectivity index (χ0v) is 9.96. The van der Waals surface area contributed by atoms with Crippen LogP contribution in [0.15, 0.2) is 0 Å². The van der Waals surface area contributed by atoms with Crippen LogP contribution in [0, 0.1) is 17.8 Å². The smallest absolute Gasteiger partial charge is 1.00 e. The Morgan fingerprint density at radius 3 is 1.60 bits per heavy atom. The van der Waals surface area contributed by atoms with Crippen molar-refractivity contribution < 1.29 is 33.3 Å². The molecule has 82 valence electrons. The summed E-state index contributed by atoms with van der Waals surface area (Å²) in [5.74, 6) is 1.72. The monoisotopic (exact) mass is 224 g/mol. The molecule has 0 aromatic rings. The zero-order chi connectivity index (χ0) is 9.97. The summed E-state index contributed by atoms with van der Waals surface area (Å²) in [4.78, 5) is 0. The summed E-state index contributed by atoms with van der Waals surface area (Å²) in [5.41, 5.74) is 0. The molecule has 4 bridgehead atoms. The molecule has 0 amide bonds. The number of rotatable bonds is 1. The van der Waals surface area contributed by atoms with Gasteiger partial charge in [0.05, 0.1) is 4.75 Å². The molecule has 0 aromatic carbocycles. The fourth-order valence-electron chi connectivity index (χ4n) is 4.35. The maximum Gasteiger partial charge on any atom is 1.00 e. The quantitative estimate of drug-likeness (QED) is 0.457. The van der Waals surface area contributed by atoms with Gasteiger partial charge in [0.15, 0.2) is 0 Å². The Morgan fingerprint density at radius 2 is 1.33 bits per heavy atom. The van der Waals surface area contributed by atoms with E-state index in [9.17, 15) is 13.0 Å². The van der Waals surface area contributed by atoms with Crippen molar-refractivity contribution in [3.8, 4) is 0 Å². The van der Waals surface area contributed by atoms with E-state index in [4.69, 9.17) is 0 Å². The van der Waals surface area contributed by atoms with E-state index in [-0.39, 0.29) is 20.3 Å². The molecule has 0 aromatic heterocycles. The van der Waals surface area contributed by atoms with Gasteiger partial charge < -0.3 is 1.43 Å². The summed E-state index contributed by atoms with van der Waals surface area (Å²) in [6.45, 7) is 0. The molecule has 0 heterocycles. The molecule has 4 aliphatic carbocycles. The van der Waals surface area contributed by atoms with E-state index >= 15 is 0 Å². The predicted octanol–water partition coefficient (Wildman–Crippen LogP) is -1.04. The van der Waals surface area contributed by atoms with Gasteiger partial charge in [0.2, 0.25) is 0 Å². The molecule has 15 heavy (non-hydrogen) atoms. The molecule has 3 nitrogen and oxygen atoms in total. The first-order chi connectivity index (χ1) is 6.48. The van der Waals surface area contributed by atoms with Crippen LogP contribution >= 0.6 is 0 Å². The topological polar surface area (TPSA) is 54.4 Å². The first-order valence-electron chi connectivity index (χ1n) is 5.45. The molecule has 0 atom stereocenters. The molecule has 4 fully saturated rings. The first-order valence-corrected chi connectivity index (χ1v) is 6.89. The molecular weight excluding hydrogens is 207 g/mol. The predicted molar refractivity (Wildman–Crippen MR) is 53.6 cm³/mol. The van der Waals surface area contributed by atoms with Crippen molar-refractivity contribution in [2.24, 2.45) is 17.8 Å². The van der Waals surface area contributed by atoms with Crippen LogP contribution in [0.25, 0.3) is 0 Å². The van der Waals surface area contributed by atoms with Crippen LogP contribution in [0.1, 0.15) is 40.0 Å². The molecule has 4 saturated carbocycles. The van der Waals surface area contributed by atoms with Gasteiger partial charge in [0.1, 0.15) is 0 Å². The maximum atomic E-state index is 11.4. The molecule has 0 saturated heterocycles. The van der Waals surface area contributed by atoms with Crippen molar-refractivity contribution in [1.29, 1.82) is 0 Å². The van der Waals surface area contributed by atoms with E-state index in [0.717, 1.165) is 19.3 Å². The van der Waals surface area contributed by atoms with Gasteiger partial charge in [-0.2, -0.15) is 8.42 Å². The minimum atomic E-state index is -3.82. The van der Waals surface area contributed by atoms with E-state index in [2.05, 4.69) is 0 Å². The van der Waals surface area contributed by atoms with Gasteiger partial charge in [-0.25, -0.2) is 0 Å². The normalized spacial score (nSPS) is 47.7. The van der Waals surface area contributed by atoms with Gasteiger partial charge in [0, 0.05) is 0 Å². The van der Waals surface area contributed by atoms with Crippen LogP contribution in [-0.2, 0) is 10.1 Å². The van der Waals surface area contributed by atoms with Crippen molar-refractivity contribution in [3.63, 3.8) is 0 Å². The summed E-state index contributed by atoms with van der Waals surface area (Å²) in [6.07, 6.45) is 5.77. The van der Waals surface area contributed by atoms with E-state index in [1.807, 2.05) is 0 Å². The standard InChI is InChI=1S/C10H16O3S.Li.H/c11-14(12,13)10-4-7-1-8(5-10)3-9(2-7)6-10;;/h7-9H,1-6H2,(H,11,12,13);;/q;+1;-1. The fraction of sp³-hybridized carbons (Fsp3) is 1.00. The van der Waals surface area contributed by atoms with Crippen LogP contribution in [0.2, 0.25) is 0 Å². The van der Waals surface area contributed by atoms with Gasteiger partial charge in [-0.3, -0.25) is 4.55 Å². The molecule has 1 N–H and O–H groups in total. The minimum Gasteiger partial charge on any atom is -1.00 e. The largest absolute Gasteiger partial charge is 1.00 e. The Kier molecular flexibility index (Phi) is 2.79. The second-order valence-corrected chi connectivity index (χ2v) is 7.39. The molecule has 5 heteroatoms. The number of hydrogen-bond acceptors (Lipinski definition) is 2. The fourth-order valence-corrected chi connectivity index (χ4v) is 5.69. The summed E-state index contributed by atoms with van der Waals surface area (Å²) in [7, 11) is -3.82. The van der Waals surface area contributed by atoms with Crippen molar-refractivity contribution in [2.75, 3.05) is 0 Å². The third-order valence-corrected chi connectivity index (χ3v) is 6.12. The van der Waals surface area contributed by atoms with Crippen molar-refractivity contribution >= 4 is 10.1 Å². The third kappa shape index (κ3) is 1.70. The maximum absolute atomic E-state index is 11.4. The van der Waals surface area contributed by atoms with Crippen molar-refractivity contribution in [2.45, 2.75) is 43.3 Å². The average molecular weight is 224 g/mol. The summed E-state index contributed by atoms with van der Waals surface area (Å²) < 4.78 is 31.5. The SMILES string of the molecule is O=S(=O)(O)C12CC3CC(CC(C3)C1)C2.[H-].[Li+]. The van der Waals surface area contributed by atoms with E-state index in [1.165, 1.54) is 19.3 Å². The summed E-state index contributed by atoms with van der Waals surface area (Å²) >= 11 is 0. The minimum absolute atomic E-state index is 0. The average Bonchev–Trinajstić information content (AvgIpc) is 1.98. The van der Waals surface area contributed by atoms with Gasteiger partial charge >= 0.3 is 18.9 Å². The van der Waals surface area contributed by atoms with Crippen LogP contribution in [0.5, 0.6) is 0 Å². The Hall–Kier alpha value is 0.507. The van der Waals surface area contributed by atoms with Crippen molar-refractivity contribution in [1.82, 2.24) is 0 Å². The molecular formula is C10H17LiO3S. The third-order valence-electron chi connectivity index (χ3n) is 4.53. The molecule has 4 rings (SSSR count). The molecule has 4 aliphatic rings. The van der Waals surface area contributed by atoms with Crippen molar-refractivity contribution in [3.05, 3.63) is 0 Å². The van der Waals surface area contributed by atoms with Gasteiger partial charge in [-0.1, -0.05) is 0 Å². The Labute approximate surface area is 104 Å². The van der Waals surface area contributed by atoms with E-state index < -0.39 is 14.9 Å². The van der Waals surface area contributed by atoms with E-state index in [0.29, 0.717) is 17.8 Å². The molecule has 0 unspecified atom stereocenters. The summed E-state index contributed by atoms with van der Waals surface area (Å²) in [6, 6.07) is 0. The second kappa shape index (κ2) is 3.50. The first kappa shape index (κ1) is 12.0. The van der Waals surface area contributed by atoms with Crippen LogP contribution < -0.4 is 18.9 Å². The summed E-state index contributed by atoms with van der Waals surface area (Å²) in [5, 5.41) is 0. The van der Waals surface area contributed by atoms with Gasteiger partial charge in [-0.05, 0) is 56.3 Å². The van der Waals surface area contributed by atoms with Crippen LogP contribution in [-0.4, -0.2) is 17.7 Å². The van der Waals surface area contributed by atoms with Gasteiger partial charge in [0.25, 0.3) is 10.1 Å². The second-order valence-electron chi connectivity index (χ2n) is 5.58. The molecule has 0 spiro atoms. The van der Waals surface area contributed by atoms with E-state index in [1.54, 1.807) is 0 Å². The van der Waals surface area contributed by atoms with Crippen LogP contribution in [0.4, 0.5) is 0 Å². The Morgan fingerprint density at radius 1 is 1.00 bits per heavy atom.